The van der Waals surface area contributed by atoms with E-state index in [1.807, 2.05) is 6.07 Å². The molecule has 0 saturated heterocycles. The molecule has 334 valence electrons. The number of amides is 3. The second-order valence-electron chi connectivity index (χ2n) is 18.5. The van der Waals surface area contributed by atoms with Gasteiger partial charge in [0.1, 0.15) is 11.4 Å². The molecule has 1 aliphatic heterocycles. The van der Waals surface area contributed by atoms with E-state index in [0.717, 1.165) is 91.7 Å². The quantitative estimate of drug-likeness (QED) is 0.0936. The molecule has 4 aromatic rings. The van der Waals surface area contributed by atoms with Crippen LogP contribution in [-0.4, -0.2) is 80.6 Å². The predicted octanol–water partition coefficient (Wildman–Crippen LogP) is 9.73. The number of carbonyl (C=O) groups is 4. The predicted molar refractivity (Wildman–Crippen MR) is 237 cm³/mol. The molecule has 0 radical (unpaired) electrons. The van der Waals surface area contributed by atoms with Crippen molar-refractivity contribution in [2.75, 3.05) is 30.8 Å². The first-order valence-electron chi connectivity index (χ1n) is 22.1. The van der Waals surface area contributed by atoms with Crippen LogP contribution in [0.2, 0.25) is 0 Å². The molecule has 1 atom stereocenters. The Morgan fingerprint density at radius 3 is 2.33 bits per heavy atom. The van der Waals surface area contributed by atoms with Gasteiger partial charge in [-0.3, -0.25) is 24.1 Å². The maximum Gasteiger partial charge on any atom is 0.433 e. The summed E-state index contributed by atoms with van der Waals surface area (Å²) in [6.45, 7) is 8.83. The van der Waals surface area contributed by atoms with Crippen molar-refractivity contribution in [2.45, 2.75) is 121 Å². The second kappa shape index (κ2) is 17.9. The number of allylic oxidation sites excluding steroid dienone is 1. The monoisotopic (exact) mass is 884 g/mol. The highest BCUT2D eigenvalue weighted by molar-refractivity contribution is 7.18. The number of anilines is 2. The number of Topliss-reactive ketones (excluding diaryl/α,β-unsaturated/α-hetero) is 1. The molecule has 3 heterocycles. The Kier molecular flexibility index (Phi) is 12.7. The van der Waals surface area contributed by atoms with Crippen molar-refractivity contribution >= 4 is 56.4 Å². The number of fused-ring (bicyclic) bond motifs is 2. The molecule has 63 heavy (non-hydrogen) atoms. The van der Waals surface area contributed by atoms with Crippen molar-refractivity contribution in [3.05, 3.63) is 93.8 Å². The van der Waals surface area contributed by atoms with Crippen LogP contribution in [0.25, 0.3) is 10.2 Å². The standard InChI is InChI=1S/C48H55F3N6O5S/c1-27-11-20-38(39(58)23-27)57-45(60)32-7-5-8-34(42(32)46(57)61)52-22-21-28-14-18-31(19-15-28)56(4)26-29-12-16-30(17-13-29)44-55-37-24-33(47(2,3)62)36(25-40(37)63-44)54-43(59)35-9-6-10-41(53-35)48(49,50)51/h5-10,24-25,28-31,38,52,62H,1,11-23,26H2,2-4H3,(H,54,59). The van der Waals surface area contributed by atoms with Gasteiger partial charge >= 0.3 is 6.18 Å². The Hall–Kier alpha value is -4.99. The number of rotatable bonds is 12. The van der Waals surface area contributed by atoms with Crippen LogP contribution < -0.4 is 10.6 Å². The summed E-state index contributed by atoms with van der Waals surface area (Å²) >= 11 is 1.55. The van der Waals surface area contributed by atoms with Gasteiger partial charge < -0.3 is 20.6 Å². The maximum absolute atomic E-state index is 13.6. The molecule has 2 aromatic heterocycles. The highest BCUT2D eigenvalue weighted by atomic mass is 32.1. The zero-order valence-corrected chi connectivity index (χ0v) is 36.8. The minimum absolute atomic E-state index is 0.125. The lowest BCUT2D eigenvalue weighted by atomic mass is 9.80. The van der Waals surface area contributed by atoms with E-state index in [-0.39, 0.29) is 17.9 Å². The number of imide groups is 1. The van der Waals surface area contributed by atoms with Gasteiger partial charge in [-0.05, 0) is 140 Å². The Labute approximate surface area is 369 Å². The topological polar surface area (TPSA) is 145 Å². The van der Waals surface area contributed by atoms with Crippen molar-refractivity contribution < 1.29 is 37.5 Å². The molecule has 3 fully saturated rings. The second-order valence-corrected chi connectivity index (χ2v) is 19.6. The molecule has 8 rings (SSSR count). The van der Waals surface area contributed by atoms with Crippen molar-refractivity contribution in [3.8, 4) is 0 Å². The molecule has 3 N–H and O–H groups in total. The van der Waals surface area contributed by atoms with E-state index in [2.05, 4.69) is 34.1 Å². The highest BCUT2D eigenvalue weighted by Crippen LogP contribution is 2.42. The minimum atomic E-state index is -4.69. The van der Waals surface area contributed by atoms with Gasteiger partial charge in [0.05, 0.1) is 38.0 Å². The van der Waals surface area contributed by atoms with Crippen LogP contribution in [0.5, 0.6) is 0 Å². The number of nitrogens with zero attached hydrogens (tertiary/aromatic N) is 4. The third-order valence-electron chi connectivity index (χ3n) is 13.6. The van der Waals surface area contributed by atoms with Gasteiger partial charge in [0, 0.05) is 48.4 Å². The van der Waals surface area contributed by atoms with E-state index < -0.39 is 41.2 Å². The molecule has 0 bridgehead atoms. The number of hydrogen-bond donors (Lipinski definition) is 3. The van der Waals surface area contributed by atoms with Crippen LogP contribution in [0.4, 0.5) is 24.5 Å². The van der Waals surface area contributed by atoms with E-state index in [1.165, 1.54) is 11.0 Å². The van der Waals surface area contributed by atoms with Crippen molar-refractivity contribution in [1.82, 2.24) is 19.8 Å². The normalized spacial score (nSPS) is 23.4. The number of aliphatic hydroxyl groups is 1. The van der Waals surface area contributed by atoms with Gasteiger partial charge in [0.25, 0.3) is 17.7 Å². The molecule has 4 aliphatic rings. The van der Waals surface area contributed by atoms with E-state index in [0.29, 0.717) is 76.8 Å². The first-order valence-corrected chi connectivity index (χ1v) is 22.9. The molecule has 3 amide bonds. The number of ketones is 1. The largest absolute Gasteiger partial charge is 0.433 e. The number of pyridine rings is 1. The van der Waals surface area contributed by atoms with Gasteiger partial charge in [-0.25, -0.2) is 9.97 Å². The highest BCUT2D eigenvalue weighted by Gasteiger charge is 2.45. The number of halogens is 3. The van der Waals surface area contributed by atoms with E-state index in [1.54, 1.807) is 49.4 Å². The molecule has 11 nitrogen and oxygen atoms in total. The SMILES string of the molecule is C=C1CCC(N2C(=O)c3cccc(NCCC4CCC(N(C)CC5CCC(c6nc7cc(C(C)(C)O)c(NC(=O)c8cccc(C(F)(F)F)n8)cc7s6)CC5)CC4)c3C2=O)C(=O)C1. The maximum atomic E-state index is 13.6. The number of thiazole rings is 1. The molecule has 1 unspecified atom stereocenters. The molecule has 2 aromatic carbocycles. The molecular weight excluding hydrogens is 830 g/mol. The van der Waals surface area contributed by atoms with Crippen LogP contribution in [0.3, 0.4) is 0 Å². The van der Waals surface area contributed by atoms with Gasteiger partial charge in [0.15, 0.2) is 5.78 Å². The average Bonchev–Trinajstić information content (AvgIpc) is 3.78. The first-order chi connectivity index (χ1) is 29.9. The number of benzene rings is 2. The lowest BCUT2D eigenvalue weighted by Gasteiger charge is -2.38. The van der Waals surface area contributed by atoms with Crippen molar-refractivity contribution in [3.63, 3.8) is 0 Å². The van der Waals surface area contributed by atoms with Gasteiger partial charge in [-0.15, -0.1) is 11.3 Å². The van der Waals surface area contributed by atoms with E-state index >= 15 is 0 Å². The van der Waals surface area contributed by atoms with E-state index in [4.69, 9.17) is 4.98 Å². The Bertz CT molecular complexity index is 2430. The molecular formula is C48H55F3N6O5S. The first kappa shape index (κ1) is 44.6. The smallest absolute Gasteiger partial charge is 0.386 e. The van der Waals surface area contributed by atoms with Gasteiger partial charge in [-0.2, -0.15) is 13.2 Å². The summed E-state index contributed by atoms with van der Waals surface area (Å²) in [5.41, 5.74) is 0.742. The zero-order chi connectivity index (χ0) is 44.8. The molecule has 3 aliphatic carbocycles. The fraction of sp³-hybridized carbons (Fsp3) is 0.500. The summed E-state index contributed by atoms with van der Waals surface area (Å²) in [4.78, 5) is 64.9. The van der Waals surface area contributed by atoms with Gasteiger partial charge in [0.2, 0.25) is 0 Å². The Morgan fingerprint density at radius 1 is 0.921 bits per heavy atom. The lowest BCUT2D eigenvalue weighted by Crippen LogP contribution is -2.46. The third-order valence-corrected chi connectivity index (χ3v) is 14.8. The fourth-order valence-corrected chi connectivity index (χ4v) is 11.2. The lowest BCUT2D eigenvalue weighted by molar-refractivity contribution is -0.141. The number of carbonyl (C=O) groups excluding carboxylic acids is 4. The summed E-state index contributed by atoms with van der Waals surface area (Å²) in [5.74, 6) is -0.255. The summed E-state index contributed by atoms with van der Waals surface area (Å²) in [6.07, 6.45) is 6.30. The van der Waals surface area contributed by atoms with Crippen LogP contribution in [-0.2, 0) is 16.6 Å². The van der Waals surface area contributed by atoms with Crippen LogP contribution >= 0.6 is 11.3 Å². The Balaban J connectivity index is 0.805. The van der Waals surface area contributed by atoms with E-state index in [9.17, 15) is 37.5 Å². The van der Waals surface area contributed by atoms with Crippen molar-refractivity contribution in [2.24, 2.45) is 11.8 Å². The van der Waals surface area contributed by atoms with Crippen LogP contribution in [0.1, 0.15) is 144 Å². The summed E-state index contributed by atoms with van der Waals surface area (Å²) in [5, 5.41) is 18.2. The molecule has 15 heteroatoms. The summed E-state index contributed by atoms with van der Waals surface area (Å²) in [7, 11) is 2.25. The van der Waals surface area contributed by atoms with Crippen molar-refractivity contribution in [1.29, 1.82) is 0 Å². The molecule has 3 saturated carbocycles. The zero-order valence-electron chi connectivity index (χ0n) is 36.0. The Morgan fingerprint density at radius 2 is 1.63 bits per heavy atom. The minimum Gasteiger partial charge on any atom is -0.386 e. The number of nitrogens with one attached hydrogen (secondary N) is 2. The summed E-state index contributed by atoms with van der Waals surface area (Å²) in [6, 6.07) is 11.8. The fourth-order valence-electron chi connectivity index (χ4n) is 10.1. The van der Waals surface area contributed by atoms with Gasteiger partial charge in [-0.1, -0.05) is 24.3 Å². The third kappa shape index (κ3) is 9.61. The number of hydrogen-bond acceptors (Lipinski definition) is 10. The van der Waals surface area contributed by atoms with Crippen LogP contribution in [0.15, 0.2) is 60.7 Å². The summed E-state index contributed by atoms with van der Waals surface area (Å²) < 4.78 is 40.7. The van der Waals surface area contributed by atoms with Crippen LogP contribution in [0, 0.1) is 11.8 Å². The molecule has 0 spiro atoms. The number of alkyl halides is 3. The average molecular weight is 885 g/mol. The number of aromatic nitrogens is 2.